The number of nitrogens with one attached hydrogen (secondary N) is 1. The summed E-state index contributed by atoms with van der Waals surface area (Å²) in [6, 6.07) is 4.11. The summed E-state index contributed by atoms with van der Waals surface area (Å²) in [6.07, 6.45) is -3.89. The summed E-state index contributed by atoms with van der Waals surface area (Å²) in [7, 11) is 2.90. The molecule has 0 heterocycles. The van der Waals surface area contributed by atoms with E-state index in [0.717, 1.165) is 23.1 Å². The highest BCUT2D eigenvalue weighted by Gasteiger charge is 2.31. The highest BCUT2D eigenvalue weighted by Crippen LogP contribution is 2.29. The number of carbonyl (C=O) groups excluding carboxylic acids is 2. The van der Waals surface area contributed by atoms with Crippen molar-refractivity contribution in [1.29, 1.82) is 0 Å². The molecule has 0 aliphatic rings. The third-order valence-electron chi connectivity index (χ3n) is 3.01. The van der Waals surface area contributed by atoms with Crippen LogP contribution in [0.5, 0.6) is 0 Å². The van der Waals surface area contributed by atoms with Gasteiger partial charge in [0.25, 0.3) is 5.91 Å². The molecule has 0 fully saturated rings. The quantitative estimate of drug-likeness (QED) is 0.776. The average molecular weight is 332 g/mol. The number of carbonyl (C=O) groups is 2. The van der Waals surface area contributed by atoms with Crippen LogP contribution in [0.15, 0.2) is 24.3 Å². The van der Waals surface area contributed by atoms with Gasteiger partial charge in [0.15, 0.2) is 0 Å². The molecular weight excluding hydrogens is 313 g/mol. The number of methoxy groups -OCH3 is 1. The molecule has 1 aromatic carbocycles. The Bertz CT molecular complexity index is 547. The minimum absolute atomic E-state index is 0.116. The summed E-state index contributed by atoms with van der Waals surface area (Å²) in [4.78, 5) is 24.8. The lowest BCUT2D eigenvalue weighted by atomic mass is 10.1. The Kier molecular flexibility index (Phi) is 7.02. The molecule has 0 atom stereocenters. The normalized spacial score (nSPS) is 11.2. The van der Waals surface area contributed by atoms with Crippen LogP contribution in [0.4, 0.5) is 13.2 Å². The Morgan fingerprint density at radius 3 is 2.61 bits per heavy atom. The van der Waals surface area contributed by atoms with Gasteiger partial charge < -0.3 is 15.0 Å². The maximum atomic E-state index is 12.6. The van der Waals surface area contributed by atoms with Gasteiger partial charge in [0.1, 0.15) is 0 Å². The molecule has 0 aliphatic carbocycles. The van der Waals surface area contributed by atoms with E-state index in [4.69, 9.17) is 4.74 Å². The Labute approximate surface area is 132 Å². The van der Waals surface area contributed by atoms with Crippen molar-refractivity contribution >= 4 is 11.8 Å². The second-order valence-corrected chi connectivity index (χ2v) is 4.94. The molecule has 23 heavy (non-hydrogen) atoms. The standard InChI is InChI=1S/C15H19F3N2O3/c1-20(10-13(21)19-7-4-8-23-2)14(22)11-5-3-6-12(9-11)15(16,17)18/h3,5-6,9H,4,7-8,10H2,1-2H3,(H,19,21). The first-order chi connectivity index (χ1) is 10.8. The van der Waals surface area contributed by atoms with Crippen LogP contribution in [0.25, 0.3) is 0 Å². The van der Waals surface area contributed by atoms with Gasteiger partial charge in [0, 0.05) is 32.9 Å². The van der Waals surface area contributed by atoms with E-state index >= 15 is 0 Å². The lowest BCUT2D eigenvalue weighted by Crippen LogP contribution is -2.38. The van der Waals surface area contributed by atoms with Crippen LogP contribution in [0.3, 0.4) is 0 Å². The highest BCUT2D eigenvalue weighted by atomic mass is 19.4. The van der Waals surface area contributed by atoms with Gasteiger partial charge in [-0.2, -0.15) is 13.2 Å². The van der Waals surface area contributed by atoms with Crippen LogP contribution in [0, 0.1) is 0 Å². The Morgan fingerprint density at radius 1 is 1.30 bits per heavy atom. The van der Waals surface area contributed by atoms with Crippen LogP contribution in [0.2, 0.25) is 0 Å². The average Bonchev–Trinajstić information content (AvgIpc) is 2.50. The third-order valence-corrected chi connectivity index (χ3v) is 3.01. The zero-order valence-corrected chi connectivity index (χ0v) is 12.9. The molecule has 0 spiro atoms. The summed E-state index contributed by atoms with van der Waals surface area (Å²) in [6.45, 7) is 0.666. The summed E-state index contributed by atoms with van der Waals surface area (Å²) >= 11 is 0. The van der Waals surface area contributed by atoms with Crippen molar-refractivity contribution < 1.29 is 27.5 Å². The fourth-order valence-electron chi connectivity index (χ4n) is 1.84. The number of halogens is 3. The Morgan fingerprint density at radius 2 is 2.00 bits per heavy atom. The van der Waals surface area contributed by atoms with E-state index in [0.29, 0.717) is 19.6 Å². The summed E-state index contributed by atoms with van der Waals surface area (Å²) in [5.41, 5.74) is -1.02. The van der Waals surface area contributed by atoms with E-state index in [9.17, 15) is 22.8 Å². The molecule has 1 rings (SSSR count). The number of nitrogens with zero attached hydrogens (tertiary/aromatic N) is 1. The molecule has 0 saturated heterocycles. The molecule has 5 nitrogen and oxygen atoms in total. The molecule has 0 bridgehead atoms. The van der Waals surface area contributed by atoms with Crippen molar-refractivity contribution in [2.24, 2.45) is 0 Å². The lowest BCUT2D eigenvalue weighted by molar-refractivity contribution is -0.137. The van der Waals surface area contributed by atoms with Crippen molar-refractivity contribution in [3.05, 3.63) is 35.4 Å². The smallest absolute Gasteiger partial charge is 0.385 e. The number of hydrogen-bond acceptors (Lipinski definition) is 3. The van der Waals surface area contributed by atoms with Gasteiger partial charge in [-0.15, -0.1) is 0 Å². The molecule has 128 valence electrons. The highest BCUT2D eigenvalue weighted by molar-refractivity contribution is 5.96. The summed E-state index contributed by atoms with van der Waals surface area (Å²) in [5, 5.41) is 2.60. The summed E-state index contributed by atoms with van der Waals surface area (Å²) in [5.74, 6) is -1.04. The van der Waals surface area contributed by atoms with E-state index in [1.54, 1.807) is 7.11 Å². The van der Waals surface area contributed by atoms with E-state index in [2.05, 4.69) is 5.32 Å². The molecule has 0 radical (unpaired) electrons. The molecule has 0 aromatic heterocycles. The van der Waals surface area contributed by atoms with Crippen molar-refractivity contribution in [3.63, 3.8) is 0 Å². The number of benzene rings is 1. The van der Waals surface area contributed by atoms with E-state index in [1.165, 1.54) is 13.1 Å². The van der Waals surface area contributed by atoms with E-state index in [1.807, 2.05) is 0 Å². The number of likely N-dealkylation sites (N-methyl/N-ethyl adjacent to an activating group) is 1. The second-order valence-electron chi connectivity index (χ2n) is 4.94. The largest absolute Gasteiger partial charge is 0.416 e. The fraction of sp³-hybridized carbons (Fsp3) is 0.467. The first kappa shape index (κ1) is 19.0. The van der Waals surface area contributed by atoms with Crippen molar-refractivity contribution in [2.75, 3.05) is 33.9 Å². The second kappa shape index (κ2) is 8.52. The van der Waals surface area contributed by atoms with Gasteiger partial charge in [0.05, 0.1) is 12.1 Å². The first-order valence-corrected chi connectivity index (χ1v) is 6.94. The van der Waals surface area contributed by atoms with Gasteiger partial charge in [-0.3, -0.25) is 9.59 Å². The SMILES string of the molecule is COCCCNC(=O)CN(C)C(=O)c1cccc(C(F)(F)F)c1. The molecule has 0 saturated carbocycles. The van der Waals surface area contributed by atoms with Crippen LogP contribution >= 0.6 is 0 Å². The van der Waals surface area contributed by atoms with Gasteiger partial charge >= 0.3 is 6.18 Å². The van der Waals surface area contributed by atoms with Gasteiger partial charge in [0.2, 0.25) is 5.91 Å². The molecule has 0 unspecified atom stereocenters. The minimum atomic E-state index is -4.52. The van der Waals surface area contributed by atoms with Gasteiger partial charge in [-0.05, 0) is 24.6 Å². The molecule has 1 aromatic rings. The topological polar surface area (TPSA) is 58.6 Å². The van der Waals surface area contributed by atoms with Gasteiger partial charge in [-0.1, -0.05) is 6.07 Å². The predicted octanol–water partition coefficient (Wildman–Crippen LogP) is 1.93. The predicted molar refractivity (Wildman–Crippen MR) is 77.9 cm³/mol. The molecule has 8 heteroatoms. The molecule has 1 N–H and O–H groups in total. The Balaban J connectivity index is 2.61. The zero-order chi connectivity index (χ0) is 17.5. The van der Waals surface area contributed by atoms with E-state index in [-0.39, 0.29) is 18.0 Å². The van der Waals surface area contributed by atoms with Gasteiger partial charge in [-0.25, -0.2) is 0 Å². The number of hydrogen-bond donors (Lipinski definition) is 1. The number of alkyl halides is 3. The number of rotatable bonds is 7. The fourth-order valence-corrected chi connectivity index (χ4v) is 1.84. The van der Waals surface area contributed by atoms with Crippen LogP contribution in [-0.4, -0.2) is 50.6 Å². The van der Waals surface area contributed by atoms with E-state index < -0.39 is 17.6 Å². The molecule has 2 amide bonds. The maximum absolute atomic E-state index is 12.6. The minimum Gasteiger partial charge on any atom is -0.385 e. The Hall–Kier alpha value is -2.09. The summed E-state index contributed by atoms with van der Waals surface area (Å²) < 4.78 is 42.8. The third kappa shape index (κ3) is 6.27. The first-order valence-electron chi connectivity index (χ1n) is 6.94. The van der Waals surface area contributed by atoms with Crippen molar-refractivity contribution in [1.82, 2.24) is 10.2 Å². The maximum Gasteiger partial charge on any atom is 0.416 e. The monoisotopic (exact) mass is 332 g/mol. The number of amides is 2. The lowest BCUT2D eigenvalue weighted by Gasteiger charge is -2.17. The van der Waals surface area contributed by atoms with Crippen LogP contribution in [0.1, 0.15) is 22.3 Å². The zero-order valence-electron chi connectivity index (χ0n) is 12.9. The number of ether oxygens (including phenoxy) is 1. The molecular formula is C15H19F3N2O3. The van der Waals surface area contributed by atoms with Crippen molar-refractivity contribution in [3.8, 4) is 0 Å². The van der Waals surface area contributed by atoms with Crippen LogP contribution < -0.4 is 5.32 Å². The van der Waals surface area contributed by atoms with Crippen molar-refractivity contribution in [2.45, 2.75) is 12.6 Å². The molecule has 0 aliphatic heterocycles. The van der Waals surface area contributed by atoms with Crippen LogP contribution in [-0.2, 0) is 15.7 Å².